The molecule has 9 rings (SSSR count). The monoisotopic (exact) mass is 721 g/mol. The molecule has 0 saturated carbocycles. The summed E-state index contributed by atoms with van der Waals surface area (Å²) in [5.74, 6) is 1.96. The largest absolute Gasteiger partial charge is 0.208 e. The molecule has 9 aromatic rings. The Labute approximate surface area is 325 Å². The van der Waals surface area contributed by atoms with Crippen LogP contribution in [-0.4, -0.2) is 15.0 Å². The van der Waals surface area contributed by atoms with Gasteiger partial charge in [-0.3, -0.25) is 0 Å². The van der Waals surface area contributed by atoms with Crippen LogP contribution in [0.15, 0.2) is 201 Å². The lowest BCUT2D eigenvalue weighted by Crippen LogP contribution is -2.00. The second-order valence-corrected chi connectivity index (χ2v) is 14.3. The Hall–Kier alpha value is -7.01. The minimum atomic E-state index is 0.650. The van der Waals surface area contributed by atoms with Crippen LogP contribution in [0.3, 0.4) is 0 Å². The van der Waals surface area contributed by atoms with Gasteiger partial charge in [0.1, 0.15) is 0 Å². The Kier molecular flexibility index (Phi) is 9.31. The minimum absolute atomic E-state index is 0.650. The average Bonchev–Trinajstić information content (AvgIpc) is 3.64. The Bertz CT molecular complexity index is 2800. The van der Waals surface area contributed by atoms with Crippen LogP contribution in [0.1, 0.15) is 5.56 Å². The number of nitrogens with zero attached hydrogens (tertiary/aromatic N) is 3. The number of thiophene rings is 1. The molecule has 260 valence electrons. The molecular formula is C51H35N3S. The van der Waals surface area contributed by atoms with Crippen molar-refractivity contribution in [2.24, 2.45) is 0 Å². The number of rotatable bonds is 9. The first-order valence-electron chi connectivity index (χ1n) is 18.3. The zero-order valence-corrected chi connectivity index (χ0v) is 30.8. The van der Waals surface area contributed by atoms with Crippen molar-refractivity contribution in [3.8, 4) is 67.5 Å². The highest BCUT2D eigenvalue weighted by Crippen LogP contribution is 2.43. The molecule has 3 nitrogen and oxygen atoms in total. The van der Waals surface area contributed by atoms with Crippen LogP contribution < -0.4 is 0 Å². The molecule has 0 amide bonds. The molecule has 2 heterocycles. The summed E-state index contributed by atoms with van der Waals surface area (Å²) in [6.07, 6.45) is 10.1. The summed E-state index contributed by atoms with van der Waals surface area (Å²) in [5, 5.41) is 2.32. The lowest BCUT2D eigenvalue weighted by molar-refractivity contribution is 1.08. The lowest BCUT2D eigenvalue weighted by Gasteiger charge is -2.14. The third-order valence-corrected chi connectivity index (χ3v) is 10.9. The van der Waals surface area contributed by atoms with E-state index in [9.17, 15) is 0 Å². The first-order chi connectivity index (χ1) is 27.2. The summed E-state index contributed by atoms with van der Waals surface area (Å²) in [5.41, 5.74) is 11.1. The van der Waals surface area contributed by atoms with E-state index in [1.54, 1.807) is 17.4 Å². The molecule has 0 saturated heterocycles. The topological polar surface area (TPSA) is 38.7 Å². The average molecular weight is 722 g/mol. The van der Waals surface area contributed by atoms with Gasteiger partial charge in [-0.1, -0.05) is 189 Å². The number of hydrogen-bond donors (Lipinski definition) is 0. The Morgan fingerprint density at radius 1 is 0.400 bits per heavy atom. The van der Waals surface area contributed by atoms with Gasteiger partial charge in [-0.2, -0.15) is 0 Å². The fourth-order valence-electron chi connectivity index (χ4n) is 7.13. The van der Waals surface area contributed by atoms with Crippen molar-refractivity contribution in [3.05, 3.63) is 206 Å². The summed E-state index contributed by atoms with van der Waals surface area (Å²) in [6.45, 7) is 3.85. The van der Waals surface area contributed by atoms with Gasteiger partial charge in [0.2, 0.25) is 0 Å². The molecular weight excluding hydrogens is 687 g/mol. The molecule has 0 spiro atoms. The first kappa shape index (κ1) is 33.8. The standard InChI is InChI=1S/C51H35N3S/c1-2-3-4-14-23-43-41(37-30-28-36(29-31-37)35-17-8-5-9-18-35)24-15-25-42(43)40-32-33-46-45(34-40)48-44(26-16-27-47(48)55-46)51-53-49(38-19-10-6-11-20-38)52-50(54-51)39-21-12-7-13-22-39/h2-34H,1H2/b4-3-,23-14+. The van der Waals surface area contributed by atoms with Crippen molar-refractivity contribution < 1.29 is 0 Å². The molecule has 0 atom stereocenters. The van der Waals surface area contributed by atoms with E-state index >= 15 is 0 Å². The normalized spacial score (nSPS) is 11.6. The van der Waals surface area contributed by atoms with Crippen molar-refractivity contribution in [1.82, 2.24) is 15.0 Å². The number of aromatic nitrogens is 3. The fraction of sp³-hybridized carbons (Fsp3) is 0. The maximum Gasteiger partial charge on any atom is 0.164 e. The van der Waals surface area contributed by atoms with Crippen molar-refractivity contribution in [3.63, 3.8) is 0 Å². The van der Waals surface area contributed by atoms with Crippen LogP contribution in [-0.2, 0) is 0 Å². The van der Waals surface area contributed by atoms with Crippen molar-refractivity contribution in [2.75, 3.05) is 0 Å². The summed E-state index contributed by atoms with van der Waals surface area (Å²) in [7, 11) is 0. The highest BCUT2D eigenvalue weighted by molar-refractivity contribution is 7.26. The van der Waals surface area contributed by atoms with E-state index in [2.05, 4.69) is 128 Å². The molecule has 0 aliphatic heterocycles. The van der Waals surface area contributed by atoms with Gasteiger partial charge in [-0.25, -0.2) is 15.0 Å². The van der Waals surface area contributed by atoms with E-state index in [0.717, 1.165) is 44.3 Å². The predicted octanol–water partition coefficient (Wildman–Crippen LogP) is 14.0. The van der Waals surface area contributed by atoms with Crippen LogP contribution in [0.5, 0.6) is 0 Å². The second-order valence-electron chi connectivity index (χ2n) is 13.2. The molecule has 55 heavy (non-hydrogen) atoms. The zero-order valence-electron chi connectivity index (χ0n) is 30.0. The van der Waals surface area contributed by atoms with Gasteiger partial charge in [0, 0.05) is 36.9 Å². The van der Waals surface area contributed by atoms with Crippen molar-refractivity contribution >= 4 is 37.6 Å². The number of benzene rings is 7. The quantitative estimate of drug-likeness (QED) is 0.139. The van der Waals surface area contributed by atoms with Crippen LogP contribution in [0.25, 0.3) is 93.8 Å². The SMILES string of the molecule is C=C/C=C\C=C\c1c(-c2ccc(-c3ccccc3)cc2)cccc1-c1ccc2sc3cccc(-c4nc(-c5ccccc5)nc(-c5ccccc5)n4)c3c2c1. The van der Waals surface area contributed by atoms with Crippen molar-refractivity contribution in [2.45, 2.75) is 0 Å². The van der Waals surface area contributed by atoms with E-state index in [1.165, 1.54) is 31.5 Å². The molecule has 0 aliphatic carbocycles. The van der Waals surface area contributed by atoms with E-state index in [0.29, 0.717) is 17.5 Å². The summed E-state index contributed by atoms with van der Waals surface area (Å²) in [4.78, 5) is 15.2. The lowest BCUT2D eigenvalue weighted by atomic mass is 9.90. The zero-order chi connectivity index (χ0) is 37.0. The van der Waals surface area contributed by atoms with E-state index in [4.69, 9.17) is 15.0 Å². The van der Waals surface area contributed by atoms with Gasteiger partial charge in [0.15, 0.2) is 17.5 Å². The second kappa shape index (κ2) is 15.2. The van der Waals surface area contributed by atoms with Crippen LogP contribution in [0, 0.1) is 0 Å². The Balaban J connectivity index is 1.21. The Morgan fingerprint density at radius 3 is 1.58 bits per heavy atom. The van der Waals surface area contributed by atoms with Gasteiger partial charge in [0.25, 0.3) is 0 Å². The predicted molar refractivity (Wildman–Crippen MR) is 234 cm³/mol. The molecule has 0 aliphatic rings. The molecule has 2 aromatic heterocycles. The molecule has 0 bridgehead atoms. The number of allylic oxidation sites excluding steroid dienone is 4. The van der Waals surface area contributed by atoms with Crippen molar-refractivity contribution in [1.29, 1.82) is 0 Å². The third kappa shape index (κ3) is 6.83. The van der Waals surface area contributed by atoms with Gasteiger partial charge < -0.3 is 0 Å². The van der Waals surface area contributed by atoms with E-state index < -0.39 is 0 Å². The fourth-order valence-corrected chi connectivity index (χ4v) is 8.24. The van der Waals surface area contributed by atoms with Crippen LogP contribution in [0.2, 0.25) is 0 Å². The number of hydrogen-bond acceptors (Lipinski definition) is 4. The molecule has 0 radical (unpaired) electrons. The van der Waals surface area contributed by atoms with Gasteiger partial charge in [-0.05, 0) is 57.1 Å². The maximum absolute atomic E-state index is 5.11. The molecule has 0 fully saturated rings. The van der Waals surface area contributed by atoms with E-state index in [-0.39, 0.29) is 0 Å². The minimum Gasteiger partial charge on any atom is -0.208 e. The van der Waals surface area contributed by atoms with Crippen LogP contribution in [0.4, 0.5) is 0 Å². The highest BCUT2D eigenvalue weighted by Gasteiger charge is 2.18. The number of fused-ring (bicyclic) bond motifs is 3. The molecule has 7 aromatic carbocycles. The summed E-state index contributed by atoms with van der Waals surface area (Å²) in [6, 6.07) is 59.5. The molecule has 0 N–H and O–H groups in total. The highest BCUT2D eigenvalue weighted by atomic mass is 32.1. The molecule has 0 unspecified atom stereocenters. The summed E-state index contributed by atoms with van der Waals surface area (Å²) >= 11 is 1.79. The third-order valence-electron chi connectivity index (χ3n) is 9.78. The van der Waals surface area contributed by atoms with E-state index in [1.807, 2.05) is 72.8 Å². The van der Waals surface area contributed by atoms with Crippen LogP contribution >= 0.6 is 11.3 Å². The van der Waals surface area contributed by atoms with Gasteiger partial charge in [-0.15, -0.1) is 11.3 Å². The smallest absolute Gasteiger partial charge is 0.164 e. The first-order valence-corrected chi connectivity index (χ1v) is 19.1. The van der Waals surface area contributed by atoms with Gasteiger partial charge >= 0.3 is 0 Å². The summed E-state index contributed by atoms with van der Waals surface area (Å²) < 4.78 is 2.40. The van der Waals surface area contributed by atoms with Gasteiger partial charge in [0.05, 0.1) is 0 Å². The Morgan fingerprint density at radius 2 is 0.927 bits per heavy atom. The maximum atomic E-state index is 5.11. The molecule has 4 heteroatoms.